The molecular weight excluding hydrogens is 408 g/mol. The molecule has 2 fully saturated rings. The van der Waals surface area contributed by atoms with Crippen LogP contribution in [0.3, 0.4) is 0 Å². The number of fused-ring (bicyclic) bond motifs is 2. The summed E-state index contributed by atoms with van der Waals surface area (Å²) in [6, 6.07) is -1.22. The number of nitrogens with zero attached hydrogens (tertiary/aromatic N) is 3. The predicted molar refractivity (Wildman–Crippen MR) is 106 cm³/mol. The minimum absolute atomic E-state index is 0.00349. The van der Waals surface area contributed by atoms with Gasteiger partial charge in [-0.05, 0) is 25.2 Å². The first-order valence-corrected chi connectivity index (χ1v) is 10.1. The summed E-state index contributed by atoms with van der Waals surface area (Å²) in [6.07, 6.45) is 3.48. The van der Waals surface area contributed by atoms with Crippen LogP contribution in [0.2, 0.25) is 0 Å². The average molecular weight is 432 g/mol. The number of aromatic nitrogens is 2. The Bertz CT molecular complexity index is 971. The van der Waals surface area contributed by atoms with E-state index < -0.39 is 29.7 Å². The Labute approximate surface area is 177 Å². The van der Waals surface area contributed by atoms with Crippen LogP contribution in [-0.2, 0) is 19.1 Å². The number of hydrogen-bond acceptors (Lipinski definition) is 7. The van der Waals surface area contributed by atoms with Crippen LogP contribution < -0.4 is 16.4 Å². The van der Waals surface area contributed by atoms with Crippen molar-refractivity contribution in [2.75, 3.05) is 13.2 Å². The molecule has 0 aromatic carbocycles. The van der Waals surface area contributed by atoms with E-state index in [1.807, 2.05) is 0 Å². The van der Waals surface area contributed by atoms with E-state index in [0.717, 1.165) is 12.8 Å². The van der Waals surface area contributed by atoms with Crippen molar-refractivity contribution in [3.8, 4) is 0 Å². The van der Waals surface area contributed by atoms with Crippen LogP contribution in [-0.4, -0.2) is 69.4 Å². The number of aliphatic imine (C=N–C) groups is 1. The molecule has 5 atom stereocenters. The molecule has 5 N–H and O–H groups in total. The van der Waals surface area contributed by atoms with Gasteiger partial charge in [-0.15, -0.1) is 0 Å². The molecule has 31 heavy (non-hydrogen) atoms. The standard InChI is InChI=1S/C19H24N6O6/c1-8-13(24-17-14(16(20)27)22-7-25(17)15(8)19(29)30)18(28)21-5-9-2-3-11-10(4-9)23-12(26)6-31-11/h7-11,15H,2-6H2,1H3,(H2,20,27)(H,21,28)(H,23,26)(H,29,30). The number of primary amides is 1. The Morgan fingerprint density at radius 2 is 2.16 bits per heavy atom. The van der Waals surface area contributed by atoms with Crippen LogP contribution in [0.4, 0.5) is 5.82 Å². The van der Waals surface area contributed by atoms with Crippen LogP contribution in [0.1, 0.15) is 42.7 Å². The van der Waals surface area contributed by atoms with Crippen LogP contribution in [0.5, 0.6) is 0 Å². The van der Waals surface area contributed by atoms with Gasteiger partial charge in [0.15, 0.2) is 11.5 Å². The molecule has 1 saturated heterocycles. The summed E-state index contributed by atoms with van der Waals surface area (Å²) < 4.78 is 6.79. The molecule has 3 aliphatic rings. The van der Waals surface area contributed by atoms with Crippen molar-refractivity contribution in [1.29, 1.82) is 0 Å². The number of aliphatic carboxylic acids is 1. The number of carboxylic acid groups (broad SMARTS) is 1. The molecule has 3 amide bonds. The van der Waals surface area contributed by atoms with Crippen LogP contribution in [0.25, 0.3) is 0 Å². The number of morpholine rings is 1. The zero-order valence-corrected chi connectivity index (χ0v) is 16.9. The molecule has 1 aromatic rings. The number of nitrogens with one attached hydrogen (secondary N) is 2. The molecule has 0 radical (unpaired) electrons. The summed E-state index contributed by atoms with van der Waals surface area (Å²) in [6.45, 7) is 2.02. The van der Waals surface area contributed by atoms with E-state index in [9.17, 15) is 24.3 Å². The molecule has 12 heteroatoms. The normalized spacial score (nSPS) is 29.8. The molecule has 0 bridgehead atoms. The lowest BCUT2D eigenvalue weighted by Gasteiger charge is -2.39. The van der Waals surface area contributed by atoms with Gasteiger partial charge < -0.3 is 26.2 Å². The van der Waals surface area contributed by atoms with E-state index in [-0.39, 0.29) is 47.8 Å². The molecule has 1 aromatic heterocycles. The Morgan fingerprint density at radius 1 is 1.39 bits per heavy atom. The maximum absolute atomic E-state index is 12.9. The second-order valence-corrected chi connectivity index (χ2v) is 8.17. The number of nitrogens with two attached hydrogens (primary N) is 1. The number of carboxylic acids is 1. The topological polar surface area (TPSA) is 178 Å². The third-order valence-electron chi connectivity index (χ3n) is 6.14. The summed E-state index contributed by atoms with van der Waals surface area (Å²) in [5.41, 5.74) is 5.13. The molecule has 166 valence electrons. The monoisotopic (exact) mass is 432 g/mol. The Balaban J connectivity index is 1.48. The fraction of sp³-hybridized carbons (Fsp3) is 0.579. The molecule has 4 rings (SSSR count). The summed E-state index contributed by atoms with van der Waals surface area (Å²) in [5.74, 6) is -3.33. The molecular formula is C19H24N6O6. The van der Waals surface area contributed by atoms with Gasteiger partial charge >= 0.3 is 5.97 Å². The Kier molecular flexibility index (Phi) is 5.48. The van der Waals surface area contributed by atoms with Crippen molar-refractivity contribution in [2.24, 2.45) is 22.6 Å². The van der Waals surface area contributed by atoms with Crippen molar-refractivity contribution in [3.63, 3.8) is 0 Å². The van der Waals surface area contributed by atoms with Gasteiger partial charge in [-0.3, -0.25) is 19.0 Å². The molecule has 1 saturated carbocycles. The highest BCUT2D eigenvalue weighted by Gasteiger charge is 2.40. The number of carbonyl (C=O) groups is 4. The van der Waals surface area contributed by atoms with E-state index in [4.69, 9.17) is 10.5 Å². The SMILES string of the molecule is CC1C(C(=O)NCC2CCC3OCC(=O)NC3C2)=Nc2c(C(N)=O)ncn2C1C(=O)O. The van der Waals surface area contributed by atoms with E-state index in [0.29, 0.717) is 13.0 Å². The van der Waals surface area contributed by atoms with Gasteiger partial charge in [-0.1, -0.05) is 6.92 Å². The predicted octanol–water partition coefficient (Wildman–Crippen LogP) is -0.870. The fourth-order valence-corrected chi connectivity index (χ4v) is 4.56. The van der Waals surface area contributed by atoms with E-state index in [1.54, 1.807) is 6.92 Å². The second kappa shape index (κ2) is 8.10. The smallest absolute Gasteiger partial charge is 0.327 e. The zero-order chi connectivity index (χ0) is 22.3. The first-order valence-electron chi connectivity index (χ1n) is 10.1. The summed E-state index contributed by atoms with van der Waals surface area (Å²) in [7, 11) is 0. The summed E-state index contributed by atoms with van der Waals surface area (Å²) >= 11 is 0. The lowest BCUT2D eigenvalue weighted by molar-refractivity contribution is -0.142. The van der Waals surface area contributed by atoms with Gasteiger partial charge in [0.05, 0.1) is 18.5 Å². The van der Waals surface area contributed by atoms with Crippen molar-refractivity contribution < 1.29 is 29.0 Å². The molecule has 5 unspecified atom stereocenters. The maximum atomic E-state index is 12.9. The first-order chi connectivity index (χ1) is 14.8. The number of amides is 3. The van der Waals surface area contributed by atoms with Crippen molar-refractivity contribution in [3.05, 3.63) is 12.0 Å². The van der Waals surface area contributed by atoms with Gasteiger partial charge in [-0.2, -0.15) is 0 Å². The minimum Gasteiger partial charge on any atom is -0.480 e. The third kappa shape index (κ3) is 3.90. The van der Waals surface area contributed by atoms with Crippen molar-refractivity contribution in [1.82, 2.24) is 20.2 Å². The fourth-order valence-electron chi connectivity index (χ4n) is 4.56. The molecule has 3 heterocycles. The number of carbonyl (C=O) groups excluding carboxylic acids is 3. The lowest BCUT2D eigenvalue weighted by Crippen LogP contribution is -2.55. The quantitative estimate of drug-likeness (QED) is 0.467. The van der Waals surface area contributed by atoms with Gasteiger partial charge in [0.1, 0.15) is 18.4 Å². The Morgan fingerprint density at radius 3 is 2.87 bits per heavy atom. The van der Waals surface area contributed by atoms with Crippen LogP contribution >= 0.6 is 0 Å². The lowest BCUT2D eigenvalue weighted by atomic mass is 9.83. The van der Waals surface area contributed by atoms with Crippen molar-refractivity contribution in [2.45, 2.75) is 44.4 Å². The molecule has 1 aliphatic carbocycles. The van der Waals surface area contributed by atoms with Gasteiger partial charge in [0, 0.05) is 12.5 Å². The number of ether oxygens (including phenoxy) is 1. The van der Waals surface area contributed by atoms with E-state index in [1.165, 1.54) is 10.9 Å². The van der Waals surface area contributed by atoms with Gasteiger partial charge in [-0.25, -0.2) is 14.8 Å². The maximum Gasteiger partial charge on any atom is 0.327 e. The van der Waals surface area contributed by atoms with Gasteiger partial charge in [0.2, 0.25) is 5.91 Å². The highest BCUT2D eigenvalue weighted by molar-refractivity contribution is 6.40. The zero-order valence-electron chi connectivity index (χ0n) is 16.9. The van der Waals surface area contributed by atoms with Gasteiger partial charge in [0.25, 0.3) is 11.8 Å². The highest BCUT2D eigenvalue weighted by Crippen LogP contribution is 2.34. The van der Waals surface area contributed by atoms with E-state index >= 15 is 0 Å². The number of imidazole rings is 1. The highest BCUT2D eigenvalue weighted by atomic mass is 16.5. The van der Waals surface area contributed by atoms with Crippen LogP contribution in [0, 0.1) is 11.8 Å². The largest absolute Gasteiger partial charge is 0.480 e. The second-order valence-electron chi connectivity index (χ2n) is 8.17. The van der Waals surface area contributed by atoms with Crippen LogP contribution in [0.15, 0.2) is 11.3 Å². The molecule has 12 nitrogen and oxygen atoms in total. The number of hydrogen-bond donors (Lipinski definition) is 4. The first kappa shape index (κ1) is 21.0. The molecule has 2 aliphatic heterocycles. The van der Waals surface area contributed by atoms with Crippen molar-refractivity contribution >= 4 is 35.2 Å². The Hall–Kier alpha value is -3.28. The summed E-state index contributed by atoms with van der Waals surface area (Å²) in [5, 5.41) is 15.4. The molecule has 0 spiro atoms. The summed E-state index contributed by atoms with van der Waals surface area (Å²) in [4.78, 5) is 56.0. The third-order valence-corrected chi connectivity index (χ3v) is 6.14. The van der Waals surface area contributed by atoms with E-state index in [2.05, 4.69) is 20.6 Å². The average Bonchev–Trinajstić information content (AvgIpc) is 3.14. The minimum atomic E-state index is -1.17. The number of rotatable bonds is 5.